The van der Waals surface area contributed by atoms with Gasteiger partial charge in [0.25, 0.3) is 0 Å². The molecule has 0 atom stereocenters. The third-order valence-corrected chi connectivity index (χ3v) is 4.35. The Balaban J connectivity index is 0.00000220. The molecule has 0 aliphatic carbocycles. The van der Waals surface area contributed by atoms with Gasteiger partial charge in [0.15, 0.2) is 0 Å². The molecule has 0 spiro atoms. The van der Waals surface area contributed by atoms with E-state index in [0.29, 0.717) is 6.42 Å². The molecule has 1 amide bonds. The van der Waals surface area contributed by atoms with Gasteiger partial charge in [-0.15, -0.1) is 12.4 Å². The maximum atomic E-state index is 12.1. The van der Waals surface area contributed by atoms with Crippen LogP contribution in [-0.2, 0) is 11.3 Å². The molecule has 1 heterocycles. The maximum Gasteiger partial charge on any atom is 0.223 e. The van der Waals surface area contributed by atoms with E-state index in [4.69, 9.17) is 0 Å². The smallest absolute Gasteiger partial charge is 0.223 e. The summed E-state index contributed by atoms with van der Waals surface area (Å²) < 4.78 is 1.13. The van der Waals surface area contributed by atoms with Crippen molar-refractivity contribution in [2.75, 3.05) is 39.8 Å². The first kappa shape index (κ1) is 18.4. The molecule has 0 radical (unpaired) electrons. The van der Waals surface area contributed by atoms with Gasteiger partial charge >= 0.3 is 0 Å². The second-order valence-electron chi connectivity index (χ2n) is 5.21. The molecule has 1 aromatic carbocycles. The Hall–Kier alpha value is -0.620. The number of amides is 1. The zero-order valence-corrected chi connectivity index (χ0v) is 14.8. The van der Waals surface area contributed by atoms with Gasteiger partial charge in [-0.2, -0.15) is 0 Å². The summed E-state index contributed by atoms with van der Waals surface area (Å²) in [5.41, 5.74) is 1.25. The van der Waals surface area contributed by atoms with Gasteiger partial charge in [0, 0.05) is 50.2 Å². The predicted octanol–water partition coefficient (Wildman–Crippen LogP) is 2.12. The van der Waals surface area contributed by atoms with Crippen molar-refractivity contribution in [2.24, 2.45) is 0 Å². The van der Waals surface area contributed by atoms with Gasteiger partial charge in [-0.1, -0.05) is 34.1 Å². The van der Waals surface area contributed by atoms with Crippen molar-refractivity contribution in [2.45, 2.75) is 13.0 Å². The summed E-state index contributed by atoms with van der Waals surface area (Å²) in [5.74, 6) is 0.269. The molecule has 1 aliphatic rings. The van der Waals surface area contributed by atoms with E-state index in [1.165, 1.54) is 5.56 Å². The Morgan fingerprint density at radius 1 is 1.33 bits per heavy atom. The molecule has 1 fully saturated rings. The predicted molar refractivity (Wildman–Crippen MR) is 91.8 cm³/mol. The molecule has 0 unspecified atom stereocenters. The SMILES string of the molecule is CN(CCC(=O)N1CCNCC1)Cc1ccccc1Br.Cl. The van der Waals surface area contributed by atoms with E-state index in [1.54, 1.807) is 0 Å². The largest absolute Gasteiger partial charge is 0.340 e. The molecular formula is C15H23BrClN3O. The minimum absolute atomic E-state index is 0. The standard InChI is InChI=1S/C15H22BrN3O.ClH/c1-18(12-13-4-2-3-5-14(13)16)9-6-15(20)19-10-7-17-8-11-19;/h2-5,17H,6-12H2,1H3;1H. The van der Waals surface area contributed by atoms with Crippen LogP contribution in [0.2, 0.25) is 0 Å². The number of halogens is 2. The molecular weight excluding hydrogens is 354 g/mol. The lowest BCUT2D eigenvalue weighted by Gasteiger charge is -2.28. The van der Waals surface area contributed by atoms with Crippen molar-refractivity contribution in [1.29, 1.82) is 0 Å². The van der Waals surface area contributed by atoms with Crippen molar-refractivity contribution in [3.8, 4) is 0 Å². The van der Waals surface area contributed by atoms with Gasteiger partial charge in [-0.3, -0.25) is 4.79 Å². The highest BCUT2D eigenvalue weighted by Gasteiger charge is 2.16. The number of piperazine rings is 1. The van der Waals surface area contributed by atoms with Crippen LogP contribution < -0.4 is 5.32 Å². The Bertz CT molecular complexity index is 452. The van der Waals surface area contributed by atoms with Crippen LogP contribution in [0.3, 0.4) is 0 Å². The van der Waals surface area contributed by atoms with Crippen LogP contribution in [0.15, 0.2) is 28.7 Å². The number of hydrogen-bond acceptors (Lipinski definition) is 3. The van der Waals surface area contributed by atoms with E-state index in [0.717, 1.165) is 43.7 Å². The highest BCUT2D eigenvalue weighted by Crippen LogP contribution is 2.17. The molecule has 0 bridgehead atoms. The Morgan fingerprint density at radius 2 is 2.00 bits per heavy atom. The van der Waals surface area contributed by atoms with Crippen molar-refractivity contribution in [3.63, 3.8) is 0 Å². The Morgan fingerprint density at radius 3 is 2.67 bits per heavy atom. The summed E-state index contributed by atoms with van der Waals surface area (Å²) in [5, 5.41) is 3.26. The van der Waals surface area contributed by atoms with Gasteiger partial charge in [0.2, 0.25) is 5.91 Å². The van der Waals surface area contributed by atoms with Gasteiger partial charge in [0.1, 0.15) is 0 Å². The van der Waals surface area contributed by atoms with E-state index in [2.05, 4.69) is 45.3 Å². The quantitative estimate of drug-likeness (QED) is 0.855. The fraction of sp³-hybridized carbons (Fsp3) is 0.533. The fourth-order valence-corrected chi connectivity index (χ4v) is 2.77. The van der Waals surface area contributed by atoms with Crippen LogP contribution >= 0.6 is 28.3 Å². The minimum Gasteiger partial charge on any atom is -0.340 e. The molecule has 4 nitrogen and oxygen atoms in total. The lowest BCUT2D eigenvalue weighted by Crippen LogP contribution is -2.47. The van der Waals surface area contributed by atoms with Gasteiger partial charge < -0.3 is 15.1 Å². The van der Waals surface area contributed by atoms with E-state index in [9.17, 15) is 4.79 Å². The zero-order chi connectivity index (χ0) is 14.4. The van der Waals surface area contributed by atoms with Crippen LogP contribution in [0.25, 0.3) is 0 Å². The summed E-state index contributed by atoms with van der Waals surface area (Å²) in [7, 11) is 2.06. The third kappa shape index (κ3) is 5.94. The molecule has 1 aromatic rings. The van der Waals surface area contributed by atoms with Crippen molar-refractivity contribution in [1.82, 2.24) is 15.1 Å². The molecule has 118 valence electrons. The Labute approximate surface area is 141 Å². The second kappa shape index (κ2) is 9.41. The van der Waals surface area contributed by atoms with Crippen LogP contribution in [0.1, 0.15) is 12.0 Å². The maximum absolute atomic E-state index is 12.1. The number of carbonyl (C=O) groups excluding carboxylic acids is 1. The summed E-state index contributed by atoms with van der Waals surface area (Å²) in [4.78, 5) is 16.2. The molecule has 0 aromatic heterocycles. The van der Waals surface area contributed by atoms with E-state index < -0.39 is 0 Å². The summed E-state index contributed by atoms with van der Waals surface area (Å²) in [6.07, 6.45) is 0.598. The number of nitrogens with zero attached hydrogens (tertiary/aromatic N) is 2. The molecule has 1 N–H and O–H groups in total. The van der Waals surface area contributed by atoms with Gasteiger partial charge in [-0.25, -0.2) is 0 Å². The summed E-state index contributed by atoms with van der Waals surface area (Å²) >= 11 is 3.56. The van der Waals surface area contributed by atoms with Crippen molar-refractivity contribution in [3.05, 3.63) is 34.3 Å². The monoisotopic (exact) mass is 375 g/mol. The van der Waals surface area contributed by atoms with Crippen molar-refractivity contribution >= 4 is 34.2 Å². The first-order chi connectivity index (χ1) is 9.66. The zero-order valence-electron chi connectivity index (χ0n) is 12.3. The lowest BCUT2D eigenvalue weighted by molar-refractivity contribution is -0.132. The fourth-order valence-electron chi connectivity index (χ4n) is 2.36. The molecule has 6 heteroatoms. The summed E-state index contributed by atoms with van der Waals surface area (Å²) in [6.45, 7) is 5.16. The number of rotatable bonds is 5. The molecule has 2 rings (SSSR count). The van der Waals surface area contributed by atoms with Crippen LogP contribution in [-0.4, -0.2) is 55.5 Å². The van der Waals surface area contributed by atoms with Gasteiger partial charge in [0.05, 0.1) is 0 Å². The highest BCUT2D eigenvalue weighted by atomic mass is 79.9. The normalized spacial score (nSPS) is 14.9. The second-order valence-corrected chi connectivity index (χ2v) is 6.06. The third-order valence-electron chi connectivity index (χ3n) is 3.58. The molecule has 1 saturated heterocycles. The lowest BCUT2D eigenvalue weighted by atomic mass is 10.2. The summed E-state index contributed by atoms with van der Waals surface area (Å²) in [6, 6.07) is 8.22. The van der Waals surface area contributed by atoms with Gasteiger partial charge in [-0.05, 0) is 18.7 Å². The number of nitrogens with one attached hydrogen (secondary N) is 1. The first-order valence-electron chi connectivity index (χ1n) is 7.07. The first-order valence-corrected chi connectivity index (χ1v) is 7.86. The average molecular weight is 377 g/mol. The molecule has 1 aliphatic heterocycles. The van der Waals surface area contributed by atoms with Crippen molar-refractivity contribution < 1.29 is 4.79 Å². The van der Waals surface area contributed by atoms with E-state index in [-0.39, 0.29) is 18.3 Å². The molecule has 0 saturated carbocycles. The van der Waals surface area contributed by atoms with E-state index >= 15 is 0 Å². The minimum atomic E-state index is 0. The van der Waals surface area contributed by atoms with Crippen LogP contribution in [0.5, 0.6) is 0 Å². The number of benzene rings is 1. The average Bonchev–Trinajstić information content (AvgIpc) is 2.48. The van der Waals surface area contributed by atoms with Crippen LogP contribution in [0, 0.1) is 0 Å². The Kier molecular flexibility index (Phi) is 8.26. The molecule has 21 heavy (non-hydrogen) atoms. The van der Waals surface area contributed by atoms with Crippen LogP contribution in [0.4, 0.5) is 0 Å². The highest BCUT2D eigenvalue weighted by molar-refractivity contribution is 9.10. The topological polar surface area (TPSA) is 35.6 Å². The van der Waals surface area contributed by atoms with E-state index in [1.807, 2.05) is 17.0 Å². The number of carbonyl (C=O) groups is 1. The number of hydrogen-bond donors (Lipinski definition) is 1.